The van der Waals surface area contributed by atoms with Gasteiger partial charge in [0.05, 0.1) is 12.1 Å². The number of hydrogen-bond acceptors (Lipinski definition) is 6. The van der Waals surface area contributed by atoms with Gasteiger partial charge in [0, 0.05) is 26.7 Å². The minimum Gasteiger partial charge on any atom is -0.493 e. The molecule has 106 valence electrons. The topological polar surface area (TPSA) is 95.6 Å². The van der Waals surface area contributed by atoms with E-state index in [-0.39, 0.29) is 24.0 Å². The number of carbonyl (C=O) groups is 1. The van der Waals surface area contributed by atoms with E-state index in [0.717, 1.165) is 0 Å². The van der Waals surface area contributed by atoms with Crippen LogP contribution >= 0.6 is 0 Å². The molecule has 0 bridgehead atoms. The Morgan fingerprint density at radius 3 is 2.95 bits per heavy atom. The lowest BCUT2D eigenvalue weighted by atomic mass is 10.3. The van der Waals surface area contributed by atoms with Gasteiger partial charge < -0.3 is 15.3 Å². The highest BCUT2D eigenvalue weighted by Gasteiger charge is 2.13. The third-order valence-corrected chi connectivity index (χ3v) is 2.52. The summed E-state index contributed by atoms with van der Waals surface area (Å²) in [6.45, 7) is 3.91. The number of anilines is 1. The molecule has 0 aliphatic rings. The number of nitrogens with one attached hydrogen (secondary N) is 1. The summed E-state index contributed by atoms with van der Waals surface area (Å²) in [5.41, 5.74) is 0.425. The Morgan fingerprint density at radius 1 is 1.55 bits per heavy atom. The number of fused-ring (bicyclic) bond motifs is 1. The van der Waals surface area contributed by atoms with Crippen molar-refractivity contribution >= 4 is 17.6 Å². The van der Waals surface area contributed by atoms with Gasteiger partial charge in [-0.15, -0.1) is 11.7 Å². The van der Waals surface area contributed by atoms with E-state index in [1.807, 2.05) is 0 Å². The van der Waals surface area contributed by atoms with E-state index in [1.54, 1.807) is 25.1 Å². The summed E-state index contributed by atoms with van der Waals surface area (Å²) in [7, 11) is 3.57. The number of carbonyl (C=O) groups excluding carboxylic acids is 1. The zero-order valence-corrected chi connectivity index (χ0v) is 11.4. The van der Waals surface area contributed by atoms with Gasteiger partial charge in [0.1, 0.15) is 0 Å². The molecule has 0 spiro atoms. The molecule has 2 aromatic heterocycles. The second-order valence-electron chi connectivity index (χ2n) is 4.39. The van der Waals surface area contributed by atoms with Crippen LogP contribution in [0.4, 0.5) is 5.95 Å². The van der Waals surface area contributed by atoms with Crippen molar-refractivity contribution in [2.24, 2.45) is 0 Å². The highest BCUT2D eigenvalue weighted by Crippen LogP contribution is 2.15. The van der Waals surface area contributed by atoms with Gasteiger partial charge in [0.15, 0.2) is 0 Å². The first kappa shape index (κ1) is 13.8. The van der Waals surface area contributed by atoms with Crippen LogP contribution in [0.2, 0.25) is 0 Å². The van der Waals surface area contributed by atoms with Crippen molar-refractivity contribution in [3.63, 3.8) is 0 Å². The van der Waals surface area contributed by atoms with Gasteiger partial charge in [0.2, 0.25) is 17.7 Å². The maximum atomic E-state index is 11.6. The molecule has 2 heterocycles. The van der Waals surface area contributed by atoms with E-state index in [2.05, 4.69) is 27.0 Å². The number of aromatic nitrogens is 4. The van der Waals surface area contributed by atoms with Crippen molar-refractivity contribution < 1.29 is 9.90 Å². The highest BCUT2D eigenvalue weighted by atomic mass is 16.3. The monoisotopic (exact) mass is 276 g/mol. The normalized spacial score (nSPS) is 10.5. The fourth-order valence-corrected chi connectivity index (χ4v) is 1.58. The van der Waals surface area contributed by atoms with Gasteiger partial charge in [-0.25, -0.2) is 4.98 Å². The largest absolute Gasteiger partial charge is 0.493 e. The Bertz CT molecular complexity index is 649. The van der Waals surface area contributed by atoms with E-state index in [9.17, 15) is 9.90 Å². The van der Waals surface area contributed by atoms with Crippen LogP contribution in [0.15, 0.2) is 18.7 Å². The molecule has 0 radical (unpaired) electrons. The molecule has 2 N–H and O–H groups in total. The first-order valence-corrected chi connectivity index (χ1v) is 6.02. The van der Waals surface area contributed by atoms with Crippen LogP contribution in [0.25, 0.3) is 5.78 Å². The molecule has 0 aliphatic heterocycles. The number of aromatic hydroxyl groups is 1. The van der Waals surface area contributed by atoms with Gasteiger partial charge in [0.25, 0.3) is 5.78 Å². The van der Waals surface area contributed by atoms with Crippen molar-refractivity contribution in [3.05, 3.63) is 24.4 Å². The molecule has 0 saturated carbocycles. The quantitative estimate of drug-likeness (QED) is 0.731. The number of amides is 1. The predicted molar refractivity (Wildman–Crippen MR) is 73.7 cm³/mol. The molecular weight excluding hydrogens is 260 g/mol. The summed E-state index contributed by atoms with van der Waals surface area (Å²) in [6.07, 6.45) is 1.65. The average Bonchev–Trinajstić information content (AvgIpc) is 2.81. The summed E-state index contributed by atoms with van der Waals surface area (Å²) in [4.78, 5) is 21.7. The minimum absolute atomic E-state index is 0.0576. The van der Waals surface area contributed by atoms with Gasteiger partial charge >= 0.3 is 0 Å². The van der Waals surface area contributed by atoms with Crippen molar-refractivity contribution in [2.75, 3.05) is 25.5 Å². The minimum atomic E-state index is -0.200. The Hall–Kier alpha value is -2.64. The van der Waals surface area contributed by atoms with Crippen molar-refractivity contribution in [3.8, 4) is 5.88 Å². The third-order valence-electron chi connectivity index (χ3n) is 2.52. The fraction of sp³-hybridized carbons (Fsp3) is 0.333. The molecule has 2 aromatic rings. The van der Waals surface area contributed by atoms with Crippen molar-refractivity contribution in [2.45, 2.75) is 6.42 Å². The Labute approximate surface area is 115 Å². The molecule has 0 saturated heterocycles. The average molecular weight is 276 g/mol. The predicted octanol–water partition coefficient (Wildman–Crippen LogP) is -0.259. The summed E-state index contributed by atoms with van der Waals surface area (Å²) in [5.74, 6) is 0.372. The zero-order chi connectivity index (χ0) is 14.7. The molecule has 8 heteroatoms. The van der Waals surface area contributed by atoms with E-state index in [0.29, 0.717) is 18.2 Å². The number of nitrogens with zero attached hydrogens (tertiary/aromatic N) is 5. The second kappa shape index (κ2) is 5.55. The number of hydrogen-bond donors (Lipinski definition) is 2. The molecule has 1 amide bonds. The standard InChI is InChI=1S/C12H16N6O2/c1-4-5-13-9(19)6-8-7-10(20)18-11(14-8)15-12(16-18)17(2)3/h4,7,20H,1,5-6H2,2-3H3,(H,13,19). The Balaban J connectivity index is 2.27. The van der Waals surface area contributed by atoms with Crippen LogP contribution in [0.1, 0.15) is 5.69 Å². The van der Waals surface area contributed by atoms with Crippen LogP contribution < -0.4 is 10.2 Å². The van der Waals surface area contributed by atoms with Crippen LogP contribution in [0.3, 0.4) is 0 Å². The lowest BCUT2D eigenvalue weighted by Gasteiger charge is -2.03. The SMILES string of the molecule is C=CCNC(=O)Cc1cc(O)n2nc(N(C)C)nc2n1. The van der Waals surface area contributed by atoms with E-state index in [4.69, 9.17) is 0 Å². The lowest BCUT2D eigenvalue weighted by molar-refractivity contribution is -0.120. The number of rotatable bonds is 5. The summed E-state index contributed by atoms with van der Waals surface area (Å²) >= 11 is 0. The van der Waals surface area contributed by atoms with E-state index < -0.39 is 0 Å². The van der Waals surface area contributed by atoms with Crippen molar-refractivity contribution in [1.82, 2.24) is 24.9 Å². The Kier molecular flexibility index (Phi) is 3.83. The maximum absolute atomic E-state index is 11.6. The van der Waals surface area contributed by atoms with Crippen LogP contribution in [0, 0.1) is 0 Å². The van der Waals surface area contributed by atoms with E-state index in [1.165, 1.54) is 10.6 Å². The molecule has 0 atom stereocenters. The summed E-state index contributed by atoms with van der Waals surface area (Å²) in [6, 6.07) is 1.40. The van der Waals surface area contributed by atoms with Gasteiger partial charge in [-0.05, 0) is 0 Å². The second-order valence-corrected chi connectivity index (χ2v) is 4.39. The van der Waals surface area contributed by atoms with Gasteiger partial charge in [-0.2, -0.15) is 9.50 Å². The lowest BCUT2D eigenvalue weighted by Crippen LogP contribution is -2.25. The van der Waals surface area contributed by atoms with E-state index >= 15 is 0 Å². The maximum Gasteiger partial charge on any atom is 0.257 e. The molecule has 8 nitrogen and oxygen atoms in total. The third kappa shape index (κ3) is 2.85. The molecular formula is C12H16N6O2. The zero-order valence-electron chi connectivity index (χ0n) is 11.4. The molecule has 0 aromatic carbocycles. The van der Waals surface area contributed by atoms with Crippen LogP contribution in [-0.2, 0) is 11.2 Å². The van der Waals surface area contributed by atoms with Gasteiger partial charge in [-0.1, -0.05) is 6.08 Å². The first-order chi connectivity index (χ1) is 9.51. The molecule has 0 unspecified atom stereocenters. The molecule has 0 fully saturated rings. The highest BCUT2D eigenvalue weighted by molar-refractivity contribution is 5.78. The smallest absolute Gasteiger partial charge is 0.257 e. The summed E-state index contributed by atoms with van der Waals surface area (Å²) in [5, 5.41) is 16.6. The first-order valence-electron chi connectivity index (χ1n) is 6.02. The molecule has 2 rings (SSSR count). The molecule has 0 aliphatic carbocycles. The molecule has 20 heavy (non-hydrogen) atoms. The van der Waals surface area contributed by atoms with Gasteiger partial charge in [-0.3, -0.25) is 4.79 Å². The summed E-state index contributed by atoms with van der Waals surface area (Å²) < 4.78 is 1.22. The fourth-order valence-electron chi connectivity index (χ4n) is 1.58. The Morgan fingerprint density at radius 2 is 2.30 bits per heavy atom. The van der Waals surface area contributed by atoms with Crippen LogP contribution in [-0.4, -0.2) is 51.2 Å². The van der Waals surface area contributed by atoms with Crippen molar-refractivity contribution in [1.29, 1.82) is 0 Å². The van der Waals surface area contributed by atoms with Crippen LogP contribution in [0.5, 0.6) is 5.88 Å².